The highest BCUT2D eigenvalue weighted by atomic mass is 32.2. The molecule has 0 unspecified atom stereocenters. The standard InChI is InChI=1S/C29H35N5O4S/c1-6-8-14-27-30-29(35)20(4)31-34(27)18-22-15-16-24(23(17-22)11-7-2)25-12-9-10-13-26(25)39(36,37)33-28-19(3)21(5)38-32-28/h9-10,12-13,15-17H,6-8,11,14,18H2,1-5H3,(H,32,33). The summed E-state index contributed by atoms with van der Waals surface area (Å²) in [5.74, 6) is 1.42. The Bertz CT molecular complexity index is 1640. The van der Waals surface area contributed by atoms with E-state index in [1.807, 2.05) is 28.9 Å². The Morgan fingerprint density at radius 3 is 2.44 bits per heavy atom. The molecule has 0 aliphatic carbocycles. The summed E-state index contributed by atoms with van der Waals surface area (Å²) in [6.45, 7) is 9.83. The zero-order valence-corrected chi connectivity index (χ0v) is 23.9. The van der Waals surface area contributed by atoms with Crippen LogP contribution in [0.25, 0.3) is 11.1 Å². The number of aromatic nitrogens is 4. The molecule has 2 heterocycles. The van der Waals surface area contributed by atoms with Gasteiger partial charge in [-0.15, -0.1) is 0 Å². The highest BCUT2D eigenvalue weighted by Crippen LogP contribution is 2.33. The van der Waals surface area contributed by atoms with Crippen LogP contribution in [-0.4, -0.2) is 28.3 Å². The molecule has 206 valence electrons. The second-order valence-corrected chi connectivity index (χ2v) is 11.4. The molecule has 0 aliphatic rings. The molecule has 2 aromatic carbocycles. The summed E-state index contributed by atoms with van der Waals surface area (Å²) >= 11 is 0. The number of unbranched alkanes of at least 4 members (excludes halogenated alkanes) is 1. The second kappa shape index (κ2) is 11.9. The highest BCUT2D eigenvalue weighted by molar-refractivity contribution is 7.92. The van der Waals surface area contributed by atoms with Gasteiger partial charge < -0.3 is 4.52 Å². The van der Waals surface area contributed by atoms with Crippen molar-refractivity contribution in [3.63, 3.8) is 0 Å². The summed E-state index contributed by atoms with van der Waals surface area (Å²) < 4.78 is 36.5. The minimum atomic E-state index is -3.94. The van der Waals surface area contributed by atoms with E-state index >= 15 is 0 Å². The van der Waals surface area contributed by atoms with E-state index in [1.165, 1.54) is 0 Å². The Kier molecular flexibility index (Phi) is 8.64. The van der Waals surface area contributed by atoms with Crippen LogP contribution in [0.15, 0.2) is 56.7 Å². The van der Waals surface area contributed by atoms with Gasteiger partial charge in [0.2, 0.25) is 0 Å². The van der Waals surface area contributed by atoms with Crippen LogP contribution in [0.3, 0.4) is 0 Å². The van der Waals surface area contributed by atoms with Crippen molar-refractivity contribution in [1.82, 2.24) is 19.9 Å². The molecule has 0 saturated carbocycles. The molecule has 0 radical (unpaired) electrons. The van der Waals surface area contributed by atoms with Crippen molar-refractivity contribution in [2.24, 2.45) is 0 Å². The van der Waals surface area contributed by atoms with Gasteiger partial charge in [0.15, 0.2) is 5.82 Å². The summed E-state index contributed by atoms with van der Waals surface area (Å²) in [6, 6.07) is 13.0. The number of rotatable bonds is 11. The molecule has 0 bridgehead atoms. The minimum absolute atomic E-state index is 0.166. The van der Waals surface area contributed by atoms with Crippen molar-refractivity contribution in [3.8, 4) is 11.1 Å². The topological polar surface area (TPSA) is 120 Å². The molecular formula is C29H35N5O4S. The maximum absolute atomic E-state index is 13.5. The Balaban J connectivity index is 1.73. The minimum Gasteiger partial charge on any atom is -0.359 e. The molecule has 39 heavy (non-hydrogen) atoms. The first-order valence-corrected chi connectivity index (χ1v) is 14.7. The van der Waals surface area contributed by atoms with Crippen LogP contribution in [0.2, 0.25) is 0 Å². The van der Waals surface area contributed by atoms with Crippen LogP contribution >= 0.6 is 0 Å². The van der Waals surface area contributed by atoms with Crippen molar-refractivity contribution in [1.29, 1.82) is 0 Å². The molecule has 0 spiro atoms. The summed E-state index contributed by atoms with van der Waals surface area (Å²) in [5, 5.41) is 8.38. The van der Waals surface area contributed by atoms with Gasteiger partial charge in [-0.05, 0) is 56.4 Å². The molecule has 4 aromatic rings. The number of benzene rings is 2. The van der Waals surface area contributed by atoms with Gasteiger partial charge in [-0.3, -0.25) is 9.52 Å². The molecule has 0 aliphatic heterocycles. The smallest absolute Gasteiger partial charge is 0.294 e. The number of hydrogen-bond acceptors (Lipinski definition) is 7. The fraction of sp³-hybridized carbons (Fsp3) is 0.379. The fourth-order valence-corrected chi connectivity index (χ4v) is 5.74. The van der Waals surface area contributed by atoms with Gasteiger partial charge in [0.05, 0.1) is 11.4 Å². The first-order chi connectivity index (χ1) is 18.6. The van der Waals surface area contributed by atoms with Crippen molar-refractivity contribution in [2.75, 3.05) is 4.72 Å². The molecule has 0 atom stereocenters. The van der Waals surface area contributed by atoms with Gasteiger partial charge in [-0.1, -0.05) is 68.2 Å². The quantitative estimate of drug-likeness (QED) is 0.267. The van der Waals surface area contributed by atoms with Crippen LogP contribution in [0.5, 0.6) is 0 Å². The number of aryl methyl sites for hydroxylation is 4. The summed E-state index contributed by atoms with van der Waals surface area (Å²) in [5.41, 5.74) is 4.22. The normalized spacial score (nSPS) is 11.6. The molecule has 2 aromatic heterocycles. The van der Waals surface area contributed by atoms with E-state index in [-0.39, 0.29) is 16.3 Å². The number of hydrogen-bond donors (Lipinski definition) is 1. The van der Waals surface area contributed by atoms with Crippen LogP contribution in [0, 0.1) is 20.8 Å². The maximum atomic E-state index is 13.5. The zero-order valence-electron chi connectivity index (χ0n) is 23.1. The summed E-state index contributed by atoms with van der Waals surface area (Å²) in [7, 11) is -3.94. The van der Waals surface area contributed by atoms with Crippen LogP contribution in [-0.2, 0) is 29.4 Å². The molecule has 10 heteroatoms. The maximum Gasteiger partial charge on any atom is 0.294 e. The first-order valence-electron chi connectivity index (χ1n) is 13.3. The molecule has 4 rings (SSSR count). The lowest BCUT2D eigenvalue weighted by Gasteiger charge is -2.17. The summed E-state index contributed by atoms with van der Waals surface area (Å²) in [6.07, 6.45) is 4.25. The SMILES string of the molecule is CCCCc1nc(=O)c(C)nn1Cc1ccc(-c2ccccc2S(=O)(=O)Nc2noc(C)c2C)c(CCC)c1. The van der Waals surface area contributed by atoms with Gasteiger partial charge >= 0.3 is 0 Å². The van der Waals surface area contributed by atoms with E-state index in [0.29, 0.717) is 41.4 Å². The molecule has 0 fully saturated rings. The van der Waals surface area contributed by atoms with Gasteiger partial charge in [-0.2, -0.15) is 10.1 Å². The fourth-order valence-electron chi connectivity index (χ4n) is 4.46. The van der Waals surface area contributed by atoms with Crippen molar-refractivity contribution >= 4 is 15.8 Å². The van der Waals surface area contributed by atoms with E-state index < -0.39 is 10.0 Å². The Morgan fingerprint density at radius 2 is 1.74 bits per heavy atom. The average molecular weight is 550 g/mol. The van der Waals surface area contributed by atoms with Crippen LogP contribution in [0.1, 0.15) is 67.1 Å². The highest BCUT2D eigenvalue weighted by Gasteiger charge is 2.23. The lowest BCUT2D eigenvalue weighted by atomic mass is 9.94. The molecule has 0 saturated heterocycles. The van der Waals surface area contributed by atoms with Gasteiger partial charge in [0.25, 0.3) is 15.6 Å². The van der Waals surface area contributed by atoms with Crippen LogP contribution in [0.4, 0.5) is 5.82 Å². The van der Waals surface area contributed by atoms with Gasteiger partial charge in [0.1, 0.15) is 17.3 Å². The summed E-state index contributed by atoms with van der Waals surface area (Å²) in [4.78, 5) is 16.6. The number of sulfonamides is 1. The Hall–Kier alpha value is -3.79. The van der Waals surface area contributed by atoms with Gasteiger partial charge in [0, 0.05) is 17.5 Å². The molecule has 0 amide bonds. The number of nitrogens with zero attached hydrogens (tertiary/aromatic N) is 4. The third-order valence-electron chi connectivity index (χ3n) is 6.74. The second-order valence-electron chi connectivity index (χ2n) is 9.74. The van der Waals surface area contributed by atoms with Gasteiger partial charge in [-0.25, -0.2) is 13.1 Å². The van der Waals surface area contributed by atoms with Crippen molar-refractivity contribution < 1.29 is 12.9 Å². The average Bonchev–Trinajstić information content (AvgIpc) is 3.22. The number of anilines is 1. The van der Waals surface area contributed by atoms with E-state index in [2.05, 4.69) is 39.9 Å². The Morgan fingerprint density at radius 1 is 0.974 bits per heavy atom. The van der Waals surface area contributed by atoms with E-state index in [1.54, 1.807) is 32.9 Å². The predicted octanol–water partition coefficient (Wildman–Crippen LogP) is 5.36. The molecule has 1 N–H and O–H groups in total. The van der Waals surface area contributed by atoms with Crippen LogP contribution < -0.4 is 10.3 Å². The Labute approximate surface area is 229 Å². The van der Waals surface area contributed by atoms with E-state index in [9.17, 15) is 13.2 Å². The molecule has 9 nitrogen and oxygen atoms in total. The van der Waals surface area contributed by atoms with Crippen molar-refractivity contribution in [2.45, 2.75) is 78.2 Å². The van der Waals surface area contributed by atoms with E-state index in [4.69, 9.17) is 4.52 Å². The lowest BCUT2D eigenvalue weighted by Crippen LogP contribution is -2.24. The monoisotopic (exact) mass is 549 g/mol. The largest absolute Gasteiger partial charge is 0.359 e. The third-order valence-corrected chi connectivity index (χ3v) is 8.14. The number of nitrogens with one attached hydrogen (secondary N) is 1. The van der Waals surface area contributed by atoms with Crippen molar-refractivity contribution in [3.05, 3.63) is 86.8 Å². The zero-order chi connectivity index (χ0) is 28.2. The first kappa shape index (κ1) is 28.2. The predicted molar refractivity (Wildman–Crippen MR) is 151 cm³/mol. The van der Waals surface area contributed by atoms with E-state index in [0.717, 1.165) is 42.4 Å². The molecular weight excluding hydrogens is 514 g/mol. The lowest BCUT2D eigenvalue weighted by molar-refractivity contribution is 0.399. The third kappa shape index (κ3) is 6.27.